The van der Waals surface area contributed by atoms with Crippen molar-refractivity contribution in [1.29, 1.82) is 0 Å². The molecule has 0 bridgehead atoms. The van der Waals surface area contributed by atoms with Crippen LogP contribution in [0, 0.1) is 11.3 Å². The summed E-state index contributed by atoms with van der Waals surface area (Å²) < 4.78 is 5.58. The van der Waals surface area contributed by atoms with Crippen LogP contribution in [0.25, 0.3) is 6.08 Å². The Bertz CT molecular complexity index is 654. The Morgan fingerprint density at radius 2 is 1.78 bits per heavy atom. The summed E-state index contributed by atoms with van der Waals surface area (Å²) in [6, 6.07) is 4.30. The van der Waals surface area contributed by atoms with Gasteiger partial charge in [-0.3, -0.25) is 0 Å². The van der Waals surface area contributed by atoms with Crippen molar-refractivity contribution in [3.63, 3.8) is 0 Å². The van der Waals surface area contributed by atoms with Gasteiger partial charge in [0.05, 0.1) is 12.6 Å². The summed E-state index contributed by atoms with van der Waals surface area (Å²) in [4.78, 5) is 21.5. The van der Waals surface area contributed by atoms with Crippen molar-refractivity contribution in [1.82, 2.24) is 0 Å². The maximum Gasteiger partial charge on any atom is 1.00 e. The van der Waals surface area contributed by atoms with Crippen LogP contribution in [0.3, 0.4) is 0 Å². The molecule has 0 aliphatic heterocycles. The van der Waals surface area contributed by atoms with Crippen LogP contribution in [0.15, 0.2) is 24.3 Å². The molecule has 0 aromatic heterocycles. The molecule has 1 aliphatic rings. The maximum atomic E-state index is 11.8. The van der Waals surface area contributed by atoms with E-state index in [4.69, 9.17) is 4.74 Å². The number of ether oxygens (including phenoxy) is 1. The standard InChI is InChI=1S/C18H22O6.3Na/c1-18(17(22)23)8-6-13(7-9-18)11-24-15-10-12(2-4-14(15)19)3-5-16(20)21;;;/h2-5,10,13,19H,6-9,11H2,1H3,(H,20,21)(H,22,23);;;/q;3*+1/p-3. The molecule has 1 aromatic carbocycles. The fourth-order valence-corrected chi connectivity index (χ4v) is 2.80. The van der Waals surface area contributed by atoms with E-state index in [1.807, 2.05) is 0 Å². The van der Waals surface area contributed by atoms with Crippen molar-refractivity contribution in [2.45, 2.75) is 32.6 Å². The van der Waals surface area contributed by atoms with Gasteiger partial charge in [-0.2, -0.15) is 0 Å². The summed E-state index contributed by atoms with van der Waals surface area (Å²) in [5.41, 5.74) is -0.252. The molecule has 0 saturated heterocycles. The van der Waals surface area contributed by atoms with Crippen LogP contribution in [-0.4, -0.2) is 18.5 Å². The topological polar surface area (TPSA) is 113 Å². The van der Waals surface area contributed by atoms with Gasteiger partial charge in [-0.05, 0) is 49.3 Å². The van der Waals surface area contributed by atoms with Gasteiger partial charge in [0.2, 0.25) is 0 Å². The zero-order valence-electron chi connectivity index (χ0n) is 16.4. The van der Waals surface area contributed by atoms with E-state index in [2.05, 4.69) is 0 Å². The Labute approximate surface area is 225 Å². The molecule has 9 heteroatoms. The molecule has 1 saturated carbocycles. The molecule has 1 fully saturated rings. The fourth-order valence-electron chi connectivity index (χ4n) is 2.80. The average Bonchev–Trinajstić information content (AvgIpc) is 2.54. The van der Waals surface area contributed by atoms with Crippen molar-refractivity contribution in [3.8, 4) is 11.5 Å². The third kappa shape index (κ3) is 9.24. The number of carboxylic acids is 2. The molecule has 0 unspecified atom stereocenters. The minimum absolute atomic E-state index is 0. The Balaban J connectivity index is 0. The maximum absolute atomic E-state index is 11.8. The van der Waals surface area contributed by atoms with Gasteiger partial charge in [-0.25, -0.2) is 0 Å². The van der Waals surface area contributed by atoms with E-state index in [-0.39, 0.29) is 106 Å². The molecule has 1 aromatic rings. The SMILES string of the molecule is CC1(C(=O)[O-])CCC(COc2cc(C=CC(=O)[O-])ccc2[O-])CC1.[Na+].[Na+].[Na+]. The van der Waals surface area contributed by atoms with E-state index in [9.17, 15) is 24.9 Å². The molecule has 6 nitrogen and oxygen atoms in total. The normalized spacial score (nSPS) is 21.3. The van der Waals surface area contributed by atoms with Crippen LogP contribution >= 0.6 is 0 Å². The van der Waals surface area contributed by atoms with Gasteiger partial charge in [0.15, 0.2) is 0 Å². The van der Waals surface area contributed by atoms with Gasteiger partial charge in [0, 0.05) is 11.4 Å². The third-order valence-corrected chi connectivity index (χ3v) is 4.56. The Morgan fingerprint density at radius 1 is 1.19 bits per heavy atom. The number of benzene rings is 1. The summed E-state index contributed by atoms with van der Waals surface area (Å²) in [6.07, 6.45) is 4.66. The molecule has 130 valence electrons. The first-order valence-electron chi connectivity index (χ1n) is 7.84. The second kappa shape index (κ2) is 13.7. The molecule has 0 spiro atoms. The predicted molar refractivity (Wildman–Crippen MR) is 80.5 cm³/mol. The van der Waals surface area contributed by atoms with Crippen LogP contribution in [0.4, 0.5) is 0 Å². The predicted octanol–water partition coefficient (Wildman–Crippen LogP) is -9.14. The van der Waals surface area contributed by atoms with Gasteiger partial charge >= 0.3 is 88.7 Å². The van der Waals surface area contributed by atoms with Gasteiger partial charge in [0.1, 0.15) is 5.75 Å². The zero-order chi connectivity index (χ0) is 17.7. The molecule has 1 aliphatic carbocycles. The molecule has 27 heavy (non-hydrogen) atoms. The molecule has 0 heterocycles. The molecular weight excluding hydrogens is 381 g/mol. The molecule has 0 radical (unpaired) electrons. The van der Waals surface area contributed by atoms with Crippen molar-refractivity contribution >= 4 is 18.0 Å². The fraction of sp³-hybridized carbons (Fsp3) is 0.444. The smallest absolute Gasteiger partial charge is 0.870 e. The third-order valence-electron chi connectivity index (χ3n) is 4.56. The minimum atomic E-state index is -1.32. The quantitative estimate of drug-likeness (QED) is 0.346. The number of carboxylic acid groups (broad SMARTS) is 2. The minimum Gasteiger partial charge on any atom is -0.870 e. The average molecular weight is 400 g/mol. The van der Waals surface area contributed by atoms with Crippen LogP contribution in [0.5, 0.6) is 11.5 Å². The van der Waals surface area contributed by atoms with Crippen molar-refractivity contribution < 1.29 is 118 Å². The van der Waals surface area contributed by atoms with Crippen LogP contribution in [0.1, 0.15) is 38.2 Å². The first kappa shape index (κ1) is 29.7. The van der Waals surface area contributed by atoms with Crippen molar-refractivity contribution in [2.75, 3.05) is 6.61 Å². The zero-order valence-corrected chi connectivity index (χ0v) is 22.4. The molecule has 0 atom stereocenters. The Morgan fingerprint density at radius 3 is 2.30 bits per heavy atom. The van der Waals surface area contributed by atoms with Gasteiger partial charge in [0.25, 0.3) is 0 Å². The van der Waals surface area contributed by atoms with Gasteiger partial charge < -0.3 is 29.6 Å². The second-order valence-corrected chi connectivity index (χ2v) is 6.46. The van der Waals surface area contributed by atoms with E-state index in [0.717, 1.165) is 6.08 Å². The molecular formula is C18H19Na3O6. The summed E-state index contributed by atoms with van der Waals surface area (Å²) in [5, 5.41) is 33.3. The molecule has 0 amide bonds. The van der Waals surface area contributed by atoms with Crippen molar-refractivity contribution in [3.05, 3.63) is 29.8 Å². The monoisotopic (exact) mass is 400 g/mol. The second-order valence-electron chi connectivity index (χ2n) is 6.46. The van der Waals surface area contributed by atoms with E-state index in [0.29, 0.717) is 37.9 Å². The largest absolute Gasteiger partial charge is 1.00 e. The van der Waals surface area contributed by atoms with E-state index < -0.39 is 17.4 Å². The number of aliphatic carboxylic acids is 2. The Hall–Kier alpha value is 0.500. The van der Waals surface area contributed by atoms with Crippen LogP contribution in [-0.2, 0) is 9.59 Å². The van der Waals surface area contributed by atoms with E-state index >= 15 is 0 Å². The number of carbonyl (C=O) groups excluding carboxylic acids is 2. The molecule has 2 rings (SSSR count). The molecule has 0 N–H and O–H groups in total. The Kier molecular flexibility index (Phi) is 15.0. The van der Waals surface area contributed by atoms with Crippen molar-refractivity contribution in [2.24, 2.45) is 11.3 Å². The van der Waals surface area contributed by atoms with Crippen LogP contribution in [0.2, 0.25) is 0 Å². The summed E-state index contributed by atoms with van der Waals surface area (Å²) in [5.74, 6) is -2.28. The number of hydrogen-bond donors (Lipinski definition) is 0. The first-order valence-corrected chi connectivity index (χ1v) is 7.84. The van der Waals surface area contributed by atoms with Crippen LogP contribution < -0.4 is 109 Å². The van der Waals surface area contributed by atoms with E-state index in [1.54, 1.807) is 6.92 Å². The van der Waals surface area contributed by atoms with Gasteiger partial charge in [-0.15, -0.1) is 0 Å². The van der Waals surface area contributed by atoms with E-state index in [1.165, 1.54) is 24.3 Å². The summed E-state index contributed by atoms with van der Waals surface area (Å²) in [7, 11) is 0. The number of hydrogen-bond acceptors (Lipinski definition) is 6. The number of rotatable bonds is 6. The van der Waals surface area contributed by atoms with Gasteiger partial charge in [-0.1, -0.05) is 30.9 Å². The summed E-state index contributed by atoms with van der Waals surface area (Å²) >= 11 is 0. The number of carbonyl (C=O) groups is 2. The summed E-state index contributed by atoms with van der Waals surface area (Å²) in [6.45, 7) is 2.02. The first-order chi connectivity index (χ1) is 11.3.